The average Bonchev–Trinajstić information content (AvgIpc) is 2.69. The number of nitrogens with zero attached hydrogens (tertiary/aromatic N) is 3. The van der Waals surface area contributed by atoms with E-state index in [9.17, 15) is 0 Å². The Labute approximate surface area is 92.4 Å². The number of anilines is 1. The molecular weight excluding hydrogens is 208 g/mol. The Hall–Kier alpha value is -1.49. The number of aryl methyl sites for hydroxylation is 1. The second kappa shape index (κ2) is 4.35. The lowest BCUT2D eigenvalue weighted by molar-refractivity contribution is 0.991. The van der Waals surface area contributed by atoms with Crippen molar-refractivity contribution in [1.29, 1.82) is 0 Å². The van der Waals surface area contributed by atoms with Gasteiger partial charge in [-0.05, 0) is 13.0 Å². The van der Waals surface area contributed by atoms with E-state index in [2.05, 4.69) is 20.3 Å². The van der Waals surface area contributed by atoms with E-state index in [0.29, 0.717) is 5.95 Å². The van der Waals surface area contributed by atoms with Gasteiger partial charge in [0.1, 0.15) is 0 Å². The normalized spacial score (nSPS) is 10.3. The molecule has 0 radical (unpaired) electrons. The Morgan fingerprint density at radius 1 is 1.40 bits per heavy atom. The van der Waals surface area contributed by atoms with Crippen LogP contribution < -0.4 is 5.32 Å². The van der Waals surface area contributed by atoms with Crippen LogP contribution >= 0.6 is 11.3 Å². The molecular formula is C10H12N4S. The van der Waals surface area contributed by atoms with Crippen LogP contribution in [-0.2, 0) is 6.42 Å². The molecule has 2 heterocycles. The molecule has 0 atom stereocenters. The van der Waals surface area contributed by atoms with Gasteiger partial charge >= 0.3 is 0 Å². The molecule has 0 aliphatic heterocycles. The molecule has 78 valence electrons. The van der Waals surface area contributed by atoms with E-state index in [1.54, 1.807) is 11.3 Å². The predicted molar refractivity (Wildman–Crippen MR) is 61.2 cm³/mol. The summed E-state index contributed by atoms with van der Waals surface area (Å²) in [5.41, 5.74) is 1.97. The summed E-state index contributed by atoms with van der Waals surface area (Å²) in [6.45, 7) is 1.97. The third-order valence-corrected chi connectivity index (χ3v) is 2.73. The Kier molecular flexibility index (Phi) is 2.91. The molecule has 0 aliphatic carbocycles. The van der Waals surface area contributed by atoms with Gasteiger partial charge in [0.25, 0.3) is 0 Å². The monoisotopic (exact) mass is 220 g/mol. The Morgan fingerprint density at radius 3 is 2.93 bits per heavy atom. The van der Waals surface area contributed by atoms with Crippen molar-refractivity contribution in [2.75, 3.05) is 12.4 Å². The molecule has 0 spiro atoms. The molecule has 0 saturated carbocycles. The smallest absolute Gasteiger partial charge is 0.222 e. The SMILES string of the molecule is CNc1nc(C)cc(Cc2nccs2)n1. The maximum atomic E-state index is 4.37. The molecule has 2 rings (SSSR count). The van der Waals surface area contributed by atoms with E-state index in [4.69, 9.17) is 0 Å². The van der Waals surface area contributed by atoms with E-state index in [1.165, 1.54) is 0 Å². The highest BCUT2D eigenvalue weighted by atomic mass is 32.1. The molecule has 1 N–H and O–H groups in total. The first-order valence-electron chi connectivity index (χ1n) is 4.68. The summed E-state index contributed by atoms with van der Waals surface area (Å²) in [7, 11) is 1.82. The predicted octanol–water partition coefficient (Wildman–Crippen LogP) is 1.87. The molecule has 2 aromatic rings. The largest absolute Gasteiger partial charge is 0.357 e. The zero-order valence-corrected chi connectivity index (χ0v) is 9.51. The van der Waals surface area contributed by atoms with Crippen LogP contribution in [0.3, 0.4) is 0 Å². The molecule has 0 saturated heterocycles. The number of hydrogen-bond donors (Lipinski definition) is 1. The zero-order chi connectivity index (χ0) is 10.7. The van der Waals surface area contributed by atoms with Gasteiger partial charge in [0.2, 0.25) is 5.95 Å². The van der Waals surface area contributed by atoms with Crippen LogP contribution in [0.25, 0.3) is 0 Å². The number of thiazole rings is 1. The fourth-order valence-corrected chi connectivity index (χ4v) is 1.96. The molecule has 0 aliphatic rings. The van der Waals surface area contributed by atoms with Crippen LogP contribution in [0.2, 0.25) is 0 Å². The summed E-state index contributed by atoms with van der Waals surface area (Å²) in [4.78, 5) is 12.8. The molecule has 15 heavy (non-hydrogen) atoms. The fraction of sp³-hybridized carbons (Fsp3) is 0.300. The van der Waals surface area contributed by atoms with E-state index in [-0.39, 0.29) is 0 Å². The summed E-state index contributed by atoms with van der Waals surface area (Å²) in [5.74, 6) is 0.668. The number of hydrogen-bond acceptors (Lipinski definition) is 5. The lowest BCUT2D eigenvalue weighted by Crippen LogP contribution is -2.02. The Morgan fingerprint density at radius 2 is 2.27 bits per heavy atom. The van der Waals surface area contributed by atoms with Gasteiger partial charge in [0.15, 0.2) is 0 Å². The highest BCUT2D eigenvalue weighted by Crippen LogP contribution is 2.12. The van der Waals surface area contributed by atoms with Gasteiger partial charge in [0.05, 0.1) is 10.7 Å². The third-order valence-electron chi connectivity index (χ3n) is 1.95. The second-order valence-electron chi connectivity index (χ2n) is 3.18. The first-order valence-corrected chi connectivity index (χ1v) is 5.56. The van der Waals surface area contributed by atoms with Crippen LogP contribution in [0.5, 0.6) is 0 Å². The first-order chi connectivity index (χ1) is 7.28. The number of rotatable bonds is 3. The highest BCUT2D eigenvalue weighted by molar-refractivity contribution is 7.09. The minimum absolute atomic E-state index is 0.668. The van der Waals surface area contributed by atoms with Gasteiger partial charge in [-0.1, -0.05) is 0 Å². The van der Waals surface area contributed by atoms with Gasteiger partial charge in [-0.3, -0.25) is 0 Å². The van der Waals surface area contributed by atoms with Crippen molar-refractivity contribution in [1.82, 2.24) is 15.0 Å². The van der Waals surface area contributed by atoms with Crippen LogP contribution in [-0.4, -0.2) is 22.0 Å². The molecule has 5 heteroatoms. The van der Waals surface area contributed by atoms with Crippen LogP contribution in [0.15, 0.2) is 17.6 Å². The van der Waals surface area contributed by atoms with E-state index in [0.717, 1.165) is 22.8 Å². The topological polar surface area (TPSA) is 50.7 Å². The molecule has 0 fully saturated rings. The van der Waals surface area contributed by atoms with Gasteiger partial charge in [0, 0.05) is 30.7 Å². The Balaban J connectivity index is 2.24. The lowest BCUT2D eigenvalue weighted by Gasteiger charge is -2.03. The number of aromatic nitrogens is 3. The summed E-state index contributed by atoms with van der Waals surface area (Å²) >= 11 is 1.65. The van der Waals surface area contributed by atoms with Crippen molar-refractivity contribution >= 4 is 17.3 Å². The molecule has 0 bridgehead atoms. The fourth-order valence-electron chi connectivity index (χ4n) is 1.33. The van der Waals surface area contributed by atoms with Gasteiger partial charge in [-0.2, -0.15) is 0 Å². The van der Waals surface area contributed by atoms with Gasteiger partial charge in [-0.25, -0.2) is 15.0 Å². The van der Waals surface area contributed by atoms with Crippen molar-refractivity contribution in [3.05, 3.63) is 34.0 Å². The zero-order valence-electron chi connectivity index (χ0n) is 8.69. The Bertz CT molecular complexity index is 439. The van der Waals surface area contributed by atoms with E-state index in [1.807, 2.05) is 31.6 Å². The minimum atomic E-state index is 0.668. The summed E-state index contributed by atoms with van der Waals surface area (Å²) in [6, 6.07) is 1.99. The summed E-state index contributed by atoms with van der Waals surface area (Å²) in [5, 5.41) is 6.00. The molecule has 4 nitrogen and oxygen atoms in total. The van der Waals surface area contributed by atoms with Crippen LogP contribution in [0.4, 0.5) is 5.95 Å². The molecule has 0 amide bonds. The first kappa shape index (κ1) is 10.0. The standard InChI is InChI=1S/C10H12N4S/c1-7-5-8(14-10(11-2)13-7)6-9-12-3-4-15-9/h3-5H,6H2,1-2H3,(H,11,13,14). The minimum Gasteiger partial charge on any atom is -0.357 e. The highest BCUT2D eigenvalue weighted by Gasteiger charge is 2.03. The van der Waals surface area contributed by atoms with Crippen molar-refractivity contribution in [3.8, 4) is 0 Å². The number of nitrogens with one attached hydrogen (secondary N) is 1. The van der Waals surface area contributed by atoms with Gasteiger partial charge < -0.3 is 5.32 Å². The van der Waals surface area contributed by atoms with E-state index >= 15 is 0 Å². The summed E-state index contributed by atoms with van der Waals surface area (Å²) in [6.07, 6.45) is 2.59. The van der Waals surface area contributed by atoms with Crippen molar-refractivity contribution in [2.45, 2.75) is 13.3 Å². The average molecular weight is 220 g/mol. The third kappa shape index (κ3) is 2.50. The maximum absolute atomic E-state index is 4.37. The quantitative estimate of drug-likeness (QED) is 0.858. The van der Waals surface area contributed by atoms with Crippen LogP contribution in [0.1, 0.15) is 16.4 Å². The molecule has 2 aromatic heterocycles. The second-order valence-corrected chi connectivity index (χ2v) is 4.16. The van der Waals surface area contributed by atoms with E-state index < -0.39 is 0 Å². The molecule has 0 aromatic carbocycles. The maximum Gasteiger partial charge on any atom is 0.222 e. The molecule has 0 unspecified atom stereocenters. The van der Waals surface area contributed by atoms with Crippen LogP contribution in [0, 0.1) is 6.92 Å². The van der Waals surface area contributed by atoms with Crippen molar-refractivity contribution in [2.24, 2.45) is 0 Å². The van der Waals surface area contributed by atoms with Crippen molar-refractivity contribution < 1.29 is 0 Å². The summed E-state index contributed by atoms with van der Waals surface area (Å²) < 4.78 is 0. The van der Waals surface area contributed by atoms with Gasteiger partial charge in [-0.15, -0.1) is 11.3 Å². The van der Waals surface area contributed by atoms with Crippen molar-refractivity contribution in [3.63, 3.8) is 0 Å². The lowest BCUT2D eigenvalue weighted by atomic mass is 10.3.